The number of nitrogens with zero attached hydrogens (tertiary/aromatic N) is 3. The molecular weight excluding hydrogens is 736 g/mol. The van der Waals surface area contributed by atoms with E-state index in [9.17, 15) is 32.0 Å². The fourth-order valence-electron chi connectivity index (χ4n) is 7.28. The Kier molecular flexibility index (Phi) is 10.3. The minimum absolute atomic E-state index is 0.0168. The van der Waals surface area contributed by atoms with Gasteiger partial charge in [0.05, 0.1) is 21.7 Å². The molecule has 4 amide bonds. The Hall–Kier alpha value is -4.44. The van der Waals surface area contributed by atoms with Crippen LogP contribution < -0.4 is 20.1 Å². The summed E-state index contributed by atoms with van der Waals surface area (Å²) in [5.41, 5.74) is -0.685. The molecular formula is C38H45FN6O7S2. The van der Waals surface area contributed by atoms with Crippen molar-refractivity contribution >= 4 is 56.0 Å². The average molecular weight is 781 g/mol. The Morgan fingerprint density at radius 1 is 1.13 bits per heavy atom. The molecule has 3 aromatic rings. The summed E-state index contributed by atoms with van der Waals surface area (Å²) in [6.07, 6.45) is 7.63. The van der Waals surface area contributed by atoms with E-state index in [-0.39, 0.29) is 30.8 Å². The van der Waals surface area contributed by atoms with Crippen molar-refractivity contribution in [2.75, 3.05) is 6.54 Å². The molecule has 4 heterocycles. The van der Waals surface area contributed by atoms with Gasteiger partial charge in [0.15, 0.2) is 5.82 Å². The lowest BCUT2D eigenvalue weighted by molar-refractivity contribution is -0.141. The lowest BCUT2D eigenvalue weighted by Crippen LogP contribution is -2.58. The molecule has 2 aromatic heterocycles. The van der Waals surface area contributed by atoms with Crippen molar-refractivity contribution in [3.8, 4) is 5.88 Å². The van der Waals surface area contributed by atoms with Gasteiger partial charge in [-0.2, -0.15) is 0 Å². The van der Waals surface area contributed by atoms with Crippen LogP contribution in [-0.2, 0) is 30.8 Å². The van der Waals surface area contributed by atoms with Crippen LogP contribution in [0.1, 0.15) is 91.9 Å². The van der Waals surface area contributed by atoms with Crippen molar-refractivity contribution in [3.05, 3.63) is 63.7 Å². The van der Waals surface area contributed by atoms with Crippen molar-refractivity contribution in [2.24, 2.45) is 5.92 Å². The number of aryl methyl sites for hydroxylation is 2. The monoisotopic (exact) mass is 780 g/mol. The van der Waals surface area contributed by atoms with Crippen LogP contribution >= 0.6 is 11.3 Å². The number of benzene rings is 1. The molecule has 0 unspecified atom stereocenters. The van der Waals surface area contributed by atoms with E-state index in [0.717, 1.165) is 17.7 Å². The first-order valence-electron chi connectivity index (χ1n) is 18.6. The summed E-state index contributed by atoms with van der Waals surface area (Å²) >= 11 is 1.31. The third-order valence-corrected chi connectivity index (χ3v) is 14.2. The normalized spacial score (nSPS) is 27.4. The fourth-order valence-corrected chi connectivity index (χ4v) is 9.36. The zero-order chi connectivity index (χ0) is 38.4. The summed E-state index contributed by atoms with van der Waals surface area (Å²) in [6, 6.07) is 5.88. The number of nitrogens with one attached hydrogen (secondary N) is 3. The first kappa shape index (κ1) is 37.9. The maximum Gasteiger partial charge on any atom is 0.262 e. The molecule has 2 saturated carbocycles. The van der Waals surface area contributed by atoms with Crippen molar-refractivity contribution in [2.45, 2.75) is 113 Å². The van der Waals surface area contributed by atoms with E-state index >= 15 is 0 Å². The zero-order valence-electron chi connectivity index (χ0n) is 30.5. The lowest BCUT2D eigenvalue weighted by Gasteiger charge is -2.30. The Labute approximate surface area is 317 Å². The van der Waals surface area contributed by atoms with Gasteiger partial charge in [-0.3, -0.25) is 23.9 Å². The minimum atomic E-state index is -4.00. The number of carbonyl (C=O) groups excluding carboxylic acids is 4. The molecule has 0 spiro atoms. The predicted octanol–water partition coefficient (Wildman–Crippen LogP) is 4.24. The fraction of sp³-hybridized carbons (Fsp3) is 0.526. The van der Waals surface area contributed by atoms with Gasteiger partial charge in [0.25, 0.3) is 11.8 Å². The standard InChI is InChI=1S/C38H45FN6O7S2/c1-4-26-34(42-31-25(39)12-10-14-27(31)40-26)52-24-19-29-32(46)43-38(36(49)44-54(50,51)37(3)17-18-37)20-23(38)11-8-6-5-7-9-13-28(35(48)45(29)21-24)41-33(47)30-16-15-22(2)53-30/h8,10-12,14-16,23-24,28-29H,4-7,9,13,17-21H2,1-3H3,(H,41,47)(H,43,46)(H,44,49)/b11-8-/t23-,24-,28+,29+,38-/m1/s1. The Morgan fingerprint density at radius 2 is 1.93 bits per heavy atom. The summed E-state index contributed by atoms with van der Waals surface area (Å²) in [5, 5.41) is 5.78. The van der Waals surface area contributed by atoms with Gasteiger partial charge in [-0.25, -0.2) is 22.8 Å². The first-order chi connectivity index (χ1) is 25.7. The summed E-state index contributed by atoms with van der Waals surface area (Å²) in [6.45, 7) is 5.25. The van der Waals surface area contributed by atoms with Gasteiger partial charge in [-0.1, -0.05) is 38.0 Å². The SMILES string of the molecule is CCc1nc2cccc(F)c2nc1O[C@@H]1C[C@H]2C(=O)N[C@]3(C(=O)NS(=O)(=O)C4(C)CC4)C[C@H]3/C=C\CCCCC[C@H](NC(=O)c3ccc(C)s3)C(=O)N2C1. The highest BCUT2D eigenvalue weighted by Crippen LogP contribution is 2.47. The molecule has 1 aromatic carbocycles. The molecule has 3 N–H and O–H groups in total. The molecule has 0 radical (unpaired) electrons. The van der Waals surface area contributed by atoms with Gasteiger partial charge < -0.3 is 20.3 Å². The maximum atomic E-state index is 14.8. The van der Waals surface area contributed by atoms with Crippen LogP contribution in [0, 0.1) is 18.7 Å². The zero-order valence-corrected chi connectivity index (χ0v) is 32.2. The molecule has 4 aliphatic rings. The maximum absolute atomic E-state index is 14.8. The third-order valence-electron chi connectivity index (χ3n) is 11.0. The minimum Gasteiger partial charge on any atom is -0.471 e. The van der Waals surface area contributed by atoms with E-state index in [1.165, 1.54) is 22.3 Å². The van der Waals surface area contributed by atoms with Gasteiger partial charge in [-0.15, -0.1) is 11.3 Å². The van der Waals surface area contributed by atoms with Crippen LogP contribution in [0.2, 0.25) is 0 Å². The van der Waals surface area contributed by atoms with Crippen LogP contribution in [0.5, 0.6) is 5.88 Å². The molecule has 5 atom stereocenters. The van der Waals surface area contributed by atoms with E-state index in [2.05, 4.69) is 25.3 Å². The van der Waals surface area contributed by atoms with Crippen LogP contribution in [0.25, 0.3) is 11.0 Å². The Bertz CT molecular complexity index is 2140. The Morgan fingerprint density at radius 3 is 2.65 bits per heavy atom. The number of hydrogen-bond donors (Lipinski definition) is 3. The highest BCUT2D eigenvalue weighted by atomic mass is 32.2. The van der Waals surface area contributed by atoms with Gasteiger partial charge in [0.2, 0.25) is 27.7 Å². The van der Waals surface area contributed by atoms with E-state index in [1.54, 1.807) is 25.1 Å². The average Bonchev–Trinajstić information content (AvgIpc) is 3.94. The highest BCUT2D eigenvalue weighted by molar-refractivity contribution is 7.91. The molecule has 0 bridgehead atoms. The van der Waals surface area contributed by atoms with E-state index in [4.69, 9.17) is 4.74 Å². The van der Waals surface area contributed by atoms with Gasteiger partial charge in [0.1, 0.15) is 34.9 Å². The van der Waals surface area contributed by atoms with Gasteiger partial charge in [-0.05, 0) is 83.1 Å². The second kappa shape index (κ2) is 14.7. The van der Waals surface area contributed by atoms with Crippen LogP contribution in [0.15, 0.2) is 42.5 Å². The molecule has 13 nitrogen and oxygen atoms in total. The number of hydrogen-bond acceptors (Lipinski definition) is 10. The van der Waals surface area contributed by atoms with Crippen LogP contribution in [-0.4, -0.2) is 81.9 Å². The second-order valence-electron chi connectivity index (χ2n) is 15.1. The number of para-hydroxylation sites is 1. The highest BCUT2D eigenvalue weighted by Gasteiger charge is 2.63. The third kappa shape index (κ3) is 7.46. The van der Waals surface area contributed by atoms with Crippen LogP contribution in [0.4, 0.5) is 4.39 Å². The number of allylic oxidation sites excluding steroid dienone is 1. The second-order valence-corrected chi connectivity index (χ2v) is 18.6. The molecule has 7 rings (SSSR count). The number of carbonyl (C=O) groups is 4. The number of aromatic nitrogens is 2. The molecule has 288 valence electrons. The molecule has 3 fully saturated rings. The van der Waals surface area contributed by atoms with E-state index in [0.29, 0.717) is 54.6 Å². The molecule has 2 aliphatic carbocycles. The lowest BCUT2D eigenvalue weighted by atomic mass is 10.0. The molecule has 1 saturated heterocycles. The van der Waals surface area contributed by atoms with Crippen molar-refractivity contribution < 1.29 is 36.7 Å². The van der Waals surface area contributed by atoms with Gasteiger partial charge in [0, 0.05) is 17.2 Å². The predicted molar refractivity (Wildman–Crippen MR) is 200 cm³/mol. The number of halogens is 1. The topological polar surface area (TPSA) is 177 Å². The largest absolute Gasteiger partial charge is 0.471 e. The Balaban J connectivity index is 1.21. The van der Waals surface area contributed by atoms with E-state index < -0.39 is 73.9 Å². The summed E-state index contributed by atoms with van der Waals surface area (Å²) < 4.78 is 48.6. The van der Waals surface area contributed by atoms with Crippen molar-refractivity contribution in [3.63, 3.8) is 0 Å². The van der Waals surface area contributed by atoms with Gasteiger partial charge >= 0.3 is 0 Å². The quantitative estimate of drug-likeness (QED) is 0.282. The number of rotatable bonds is 8. The van der Waals surface area contributed by atoms with Crippen LogP contribution in [0.3, 0.4) is 0 Å². The number of fused-ring (bicyclic) bond motifs is 3. The van der Waals surface area contributed by atoms with Crippen molar-refractivity contribution in [1.82, 2.24) is 30.2 Å². The van der Waals surface area contributed by atoms with Crippen molar-refractivity contribution in [1.29, 1.82) is 0 Å². The summed E-state index contributed by atoms with van der Waals surface area (Å²) in [7, 11) is -4.00. The molecule has 16 heteroatoms. The smallest absolute Gasteiger partial charge is 0.262 e. The summed E-state index contributed by atoms with van der Waals surface area (Å²) in [4.78, 5) is 68.0. The number of ether oxygens (including phenoxy) is 1. The molecule has 2 aliphatic heterocycles. The first-order valence-corrected chi connectivity index (χ1v) is 20.9. The van der Waals surface area contributed by atoms with E-state index in [1.807, 2.05) is 32.1 Å². The summed E-state index contributed by atoms with van der Waals surface area (Å²) in [5.74, 6) is -3.31. The number of thiophene rings is 1. The number of sulfonamides is 1. The number of amides is 4. The molecule has 54 heavy (non-hydrogen) atoms.